The van der Waals surface area contributed by atoms with Gasteiger partial charge in [0.1, 0.15) is 12.2 Å². The molecule has 1 heterocycles. The number of nitrogens with one attached hydrogen (secondary N) is 2. The van der Waals surface area contributed by atoms with Crippen LogP contribution in [-0.4, -0.2) is 15.9 Å². The average Bonchev–Trinajstić information content (AvgIpc) is 2.55. The Morgan fingerprint density at radius 1 is 1.92 bits per heavy atom. The van der Waals surface area contributed by atoms with Gasteiger partial charge in [-0.15, -0.1) is 0 Å². The minimum atomic E-state index is -0.286. The third kappa shape index (κ3) is 2.60. The van der Waals surface area contributed by atoms with Crippen LogP contribution in [0.4, 0.5) is 0 Å². The predicted octanol–water partition coefficient (Wildman–Crippen LogP) is 0.501. The molecule has 0 saturated carbocycles. The van der Waals surface area contributed by atoms with Gasteiger partial charge >= 0.3 is 0 Å². The maximum atomic E-state index is 11.0. The van der Waals surface area contributed by atoms with Crippen molar-refractivity contribution in [1.82, 2.24) is 15.3 Å². The number of imidazole rings is 1. The monoisotopic (exact) mass is 178 g/mol. The lowest BCUT2D eigenvalue weighted by atomic mass is 10.3. The highest BCUT2D eigenvalue weighted by Gasteiger charge is 2.09. The second kappa shape index (κ2) is 4.26. The van der Waals surface area contributed by atoms with E-state index < -0.39 is 0 Å². The molecule has 2 N–H and O–H groups in total. The maximum absolute atomic E-state index is 11.0. The van der Waals surface area contributed by atoms with Crippen molar-refractivity contribution < 1.29 is 4.79 Å². The molecule has 1 amide bonds. The molecule has 5 heteroatoms. The summed E-state index contributed by atoms with van der Waals surface area (Å²) in [7, 11) is 0. The Hall–Kier alpha value is -1.83. The minimum absolute atomic E-state index is 0.120. The van der Waals surface area contributed by atoms with E-state index in [2.05, 4.69) is 15.3 Å². The highest BCUT2D eigenvalue weighted by Crippen LogP contribution is 2.04. The van der Waals surface area contributed by atoms with Gasteiger partial charge in [0.15, 0.2) is 0 Å². The fourth-order valence-corrected chi connectivity index (χ4v) is 0.947. The largest absolute Gasteiger partial charge is 0.347 e. The number of H-pyrrole nitrogens is 1. The first-order valence-corrected chi connectivity index (χ1v) is 3.89. The first-order chi connectivity index (χ1) is 6.24. The maximum Gasteiger partial charge on any atom is 0.234 e. The Morgan fingerprint density at radius 2 is 2.69 bits per heavy atom. The van der Waals surface area contributed by atoms with Crippen LogP contribution in [-0.2, 0) is 4.79 Å². The van der Waals surface area contributed by atoms with Crippen LogP contribution in [0.15, 0.2) is 12.4 Å². The SMILES string of the molecule is CC(NC(=O)CC#N)c1ncc[nH]1. The number of carbonyl (C=O) groups excluding carboxylic acids is 1. The van der Waals surface area contributed by atoms with Crippen molar-refractivity contribution in [2.75, 3.05) is 0 Å². The number of nitrogens with zero attached hydrogens (tertiary/aromatic N) is 2. The van der Waals surface area contributed by atoms with E-state index in [4.69, 9.17) is 5.26 Å². The summed E-state index contributed by atoms with van der Waals surface area (Å²) in [5, 5.41) is 10.9. The molecule has 1 rings (SSSR count). The molecule has 1 unspecified atom stereocenters. The lowest BCUT2D eigenvalue weighted by Gasteiger charge is -2.09. The zero-order valence-electron chi connectivity index (χ0n) is 7.24. The van der Waals surface area contributed by atoms with Crippen LogP contribution in [0.2, 0.25) is 0 Å². The van der Waals surface area contributed by atoms with E-state index in [1.807, 2.05) is 0 Å². The van der Waals surface area contributed by atoms with E-state index >= 15 is 0 Å². The molecule has 0 fully saturated rings. The average molecular weight is 178 g/mol. The van der Waals surface area contributed by atoms with Crippen molar-refractivity contribution in [3.8, 4) is 6.07 Å². The van der Waals surface area contributed by atoms with E-state index in [1.54, 1.807) is 25.4 Å². The molecule has 0 spiro atoms. The van der Waals surface area contributed by atoms with Crippen LogP contribution in [0.25, 0.3) is 0 Å². The van der Waals surface area contributed by atoms with Gasteiger partial charge in [0, 0.05) is 12.4 Å². The second-order valence-corrected chi connectivity index (χ2v) is 2.60. The third-order valence-electron chi connectivity index (χ3n) is 1.55. The molecule has 0 aliphatic rings. The smallest absolute Gasteiger partial charge is 0.234 e. The normalized spacial score (nSPS) is 11.7. The summed E-state index contributed by atoms with van der Waals surface area (Å²) in [6.45, 7) is 1.80. The molecule has 0 aliphatic carbocycles. The predicted molar refractivity (Wildman–Crippen MR) is 45.4 cm³/mol. The topological polar surface area (TPSA) is 81.6 Å². The third-order valence-corrected chi connectivity index (χ3v) is 1.55. The molecular formula is C8H10N4O. The highest BCUT2D eigenvalue weighted by molar-refractivity contribution is 5.78. The quantitative estimate of drug-likeness (QED) is 0.707. The van der Waals surface area contributed by atoms with Gasteiger partial charge in [-0.1, -0.05) is 0 Å². The first kappa shape index (κ1) is 9.26. The lowest BCUT2D eigenvalue weighted by molar-refractivity contribution is -0.120. The molecule has 0 saturated heterocycles. The van der Waals surface area contributed by atoms with E-state index in [0.29, 0.717) is 5.82 Å². The summed E-state index contributed by atoms with van der Waals surface area (Å²) >= 11 is 0. The molecule has 0 radical (unpaired) electrons. The lowest BCUT2D eigenvalue weighted by Crippen LogP contribution is -2.26. The van der Waals surface area contributed by atoms with Crippen molar-refractivity contribution in [3.63, 3.8) is 0 Å². The van der Waals surface area contributed by atoms with Crippen LogP contribution in [0.1, 0.15) is 25.2 Å². The Kier molecular flexibility index (Phi) is 3.03. The number of carbonyl (C=O) groups is 1. The molecule has 0 aliphatic heterocycles. The van der Waals surface area contributed by atoms with Crippen molar-refractivity contribution in [2.24, 2.45) is 0 Å². The van der Waals surface area contributed by atoms with Crippen LogP contribution in [0.3, 0.4) is 0 Å². The highest BCUT2D eigenvalue weighted by atomic mass is 16.1. The van der Waals surface area contributed by atoms with Crippen LogP contribution < -0.4 is 5.32 Å². The van der Waals surface area contributed by atoms with E-state index in [1.165, 1.54) is 0 Å². The molecule has 0 aromatic carbocycles. The van der Waals surface area contributed by atoms with Crippen molar-refractivity contribution >= 4 is 5.91 Å². The van der Waals surface area contributed by atoms with Gasteiger partial charge < -0.3 is 10.3 Å². The van der Waals surface area contributed by atoms with Crippen molar-refractivity contribution in [2.45, 2.75) is 19.4 Å². The Morgan fingerprint density at radius 3 is 3.23 bits per heavy atom. The Balaban J connectivity index is 2.47. The number of hydrogen-bond donors (Lipinski definition) is 2. The van der Waals surface area contributed by atoms with Crippen LogP contribution in [0.5, 0.6) is 0 Å². The summed E-state index contributed by atoms with van der Waals surface area (Å²) in [6.07, 6.45) is 3.18. The van der Waals surface area contributed by atoms with Gasteiger partial charge in [-0.25, -0.2) is 4.98 Å². The molecule has 68 valence electrons. The van der Waals surface area contributed by atoms with Crippen LogP contribution >= 0.6 is 0 Å². The van der Waals surface area contributed by atoms with Gasteiger partial charge in [0.2, 0.25) is 5.91 Å². The zero-order chi connectivity index (χ0) is 9.68. The van der Waals surface area contributed by atoms with E-state index in [0.717, 1.165) is 0 Å². The standard InChI is InChI=1S/C8H10N4O/c1-6(8-10-4-5-11-8)12-7(13)2-3-9/h4-6H,2H2,1H3,(H,10,11)(H,12,13). The molecular weight excluding hydrogens is 168 g/mol. The molecule has 1 aromatic heterocycles. The van der Waals surface area contributed by atoms with E-state index in [9.17, 15) is 4.79 Å². The second-order valence-electron chi connectivity index (χ2n) is 2.60. The summed E-state index contributed by atoms with van der Waals surface area (Å²) in [4.78, 5) is 17.8. The van der Waals surface area contributed by atoms with Gasteiger partial charge in [-0.2, -0.15) is 5.26 Å². The molecule has 0 bridgehead atoms. The molecule has 1 atom stereocenters. The Labute approximate surface area is 75.8 Å². The van der Waals surface area contributed by atoms with Crippen molar-refractivity contribution in [1.29, 1.82) is 5.26 Å². The number of aromatic amines is 1. The number of aromatic nitrogens is 2. The number of nitriles is 1. The zero-order valence-corrected chi connectivity index (χ0v) is 7.24. The first-order valence-electron chi connectivity index (χ1n) is 3.89. The fourth-order valence-electron chi connectivity index (χ4n) is 0.947. The summed E-state index contributed by atoms with van der Waals surface area (Å²) in [5.41, 5.74) is 0. The summed E-state index contributed by atoms with van der Waals surface area (Å²) < 4.78 is 0. The van der Waals surface area contributed by atoms with Gasteiger partial charge in [-0.05, 0) is 6.92 Å². The van der Waals surface area contributed by atoms with E-state index in [-0.39, 0.29) is 18.4 Å². The summed E-state index contributed by atoms with van der Waals surface area (Å²) in [5.74, 6) is 0.401. The molecule has 13 heavy (non-hydrogen) atoms. The number of amides is 1. The van der Waals surface area contributed by atoms with Gasteiger partial charge in [0.05, 0.1) is 12.1 Å². The summed E-state index contributed by atoms with van der Waals surface area (Å²) in [6, 6.07) is 1.59. The number of hydrogen-bond acceptors (Lipinski definition) is 3. The Bertz CT molecular complexity index is 311. The van der Waals surface area contributed by atoms with Gasteiger partial charge in [0.25, 0.3) is 0 Å². The van der Waals surface area contributed by atoms with Gasteiger partial charge in [-0.3, -0.25) is 4.79 Å². The van der Waals surface area contributed by atoms with Crippen molar-refractivity contribution in [3.05, 3.63) is 18.2 Å². The number of rotatable bonds is 3. The molecule has 1 aromatic rings. The van der Waals surface area contributed by atoms with Crippen LogP contribution in [0, 0.1) is 11.3 Å². The minimum Gasteiger partial charge on any atom is -0.347 e. The molecule has 5 nitrogen and oxygen atoms in total. The fraction of sp³-hybridized carbons (Fsp3) is 0.375.